The minimum atomic E-state index is -2.69. The molecule has 18 heavy (non-hydrogen) atoms. The molecule has 0 aliphatic heterocycles. The van der Waals surface area contributed by atoms with Crippen LogP contribution in [-0.2, 0) is 4.79 Å². The van der Waals surface area contributed by atoms with Gasteiger partial charge in [-0.15, -0.1) is 0 Å². The zero-order chi connectivity index (χ0) is 13.5. The van der Waals surface area contributed by atoms with Crippen molar-refractivity contribution in [2.24, 2.45) is 0 Å². The minimum Gasteiger partial charge on any atom is -0.485 e. The highest BCUT2D eigenvalue weighted by Crippen LogP contribution is 2.21. The molecule has 1 amide bonds. The van der Waals surface area contributed by atoms with E-state index in [1.807, 2.05) is 0 Å². The van der Waals surface area contributed by atoms with E-state index in [9.17, 15) is 18.0 Å². The Hall–Kier alpha value is -2.23. The monoisotopic (exact) mass is 258 g/mol. The third kappa shape index (κ3) is 4.33. The molecule has 0 spiro atoms. The highest BCUT2D eigenvalue weighted by molar-refractivity contribution is 5.92. The summed E-state index contributed by atoms with van der Waals surface area (Å²) in [5, 5.41) is 10.5. The number of nitrogens with zero attached hydrogens (tertiary/aromatic N) is 1. The lowest BCUT2D eigenvalue weighted by atomic mass is 10.2. The number of anilines is 1. The fraction of sp³-hybridized carbons (Fsp3) is 0.273. The van der Waals surface area contributed by atoms with Crippen LogP contribution in [0.15, 0.2) is 18.2 Å². The van der Waals surface area contributed by atoms with E-state index >= 15 is 0 Å². The number of benzene rings is 1. The summed E-state index contributed by atoms with van der Waals surface area (Å²) in [7, 11) is 0. The summed E-state index contributed by atoms with van der Waals surface area (Å²) in [4.78, 5) is 11.0. The second-order valence-electron chi connectivity index (χ2n) is 3.23. The minimum absolute atomic E-state index is 0.122. The normalized spacial score (nSPS) is 9.94. The van der Waals surface area contributed by atoms with Crippen molar-refractivity contribution in [1.29, 1.82) is 5.26 Å². The van der Waals surface area contributed by atoms with Crippen molar-refractivity contribution in [1.82, 2.24) is 0 Å². The molecule has 7 heteroatoms. The van der Waals surface area contributed by atoms with E-state index in [0.29, 0.717) is 0 Å². The fourth-order valence-electron chi connectivity index (χ4n) is 1.13. The zero-order valence-electron chi connectivity index (χ0n) is 9.12. The van der Waals surface area contributed by atoms with Gasteiger partial charge in [-0.3, -0.25) is 4.79 Å². The summed E-state index contributed by atoms with van der Waals surface area (Å²) >= 11 is 0. The van der Waals surface area contributed by atoms with Crippen molar-refractivity contribution in [2.45, 2.75) is 12.8 Å². The van der Waals surface area contributed by atoms with Crippen molar-refractivity contribution >= 4 is 11.6 Å². The Morgan fingerprint density at radius 1 is 1.50 bits per heavy atom. The summed E-state index contributed by atoms with van der Waals surface area (Å²) in [6.07, 6.45) is -3.05. The van der Waals surface area contributed by atoms with Crippen LogP contribution in [0.3, 0.4) is 0 Å². The number of carbonyl (C=O) groups excluding carboxylic acids is 1. The quantitative estimate of drug-likeness (QED) is 0.881. The molecule has 1 rings (SSSR count). The topological polar surface area (TPSA) is 62.1 Å². The van der Waals surface area contributed by atoms with Gasteiger partial charge in [0.15, 0.2) is 11.6 Å². The summed E-state index contributed by atoms with van der Waals surface area (Å²) < 4.78 is 41.6. The highest BCUT2D eigenvalue weighted by Gasteiger charge is 2.09. The Labute approximate surface area is 101 Å². The van der Waals surface area contributed by atoms with Crippen LogP contribution in [0, 0.1) is 17.1 Å². The molecule has 0 aromatic heterocycles. The maximum Gasteiger partial charge on any atom is 0.272 e. The van der Waals surface area contributed by atoms with E-state index in [1.165, 1.54) is 6.07 Å². The number of ether oxygens (including phenoxy) is 1. The van der Waals surface area contributed by atoms with Gasteiger partial charge in [0.25, 0.3) is 6.43 Å². The second-order valence-corrected chi connectivity index (χ2v) is 3.23. The second kappa shape index (κ2) is 6.49. The molecule has 1 N–H and O–H groups in total. The van der Waals surface area contributed by atoms with Gasteiger partial charge in [0.1, 0.15) is 13.0 Å². The molecule has 0 saturated carbocycles. The Balaban J connectivity index is 2.67. The molecule has 0 unspecified atom stereocenters. The molecule has 0 aliphatic rings. The van der Waals surface area contributed by atoms with Gasteiger partial charge in [-0.2, -0.15) is 5.26 Å². The molecular formula is C11H9F3N2O2. The molecule has 0 fully saturated rings. The van der Waals surface area contributed by atoms with E-state index < -0.39 is 24.8 Å². The van der Waals surface area contributed by atoms with Gasteiger partial charge in [-0.05, 0) is 12.1 Å². The summed E-state index contributed by atoms with van der Waals surface area (Å²) in [5.74, 6) is -1.78. The lowest BCUT2D eigenvalue weighted by molar-refractivity contribution is -0.115. The Morgan fingerprint density at radius 3 is 2.78 bits per heavy atom. The van der Waals surface area contributed by atoms with Gasteiger partial charge in [0.05, 0.1) is 6.07 Å². The van der Waals surface area contributed by atoms with Crippen LogP contribution in [0.2, 0.25) is 0 Å². The van der Waals surface area contributed by atoms with Crippen molar-refractivity contribution in [3.05, 3.63) is 24.0 Å². The van der Waals surface area contributed by atoms with Gasteiger partial charge in [0.2, 0.25) is 5.91 Å². The summed E-state index contributed by atoms with van der Waals surface area (Å²) in [6.45, 7) is -0.906. The van der Waals surface area contributed by atoms with Crippen LogP contribution in [0.25, 0.3) is 0 Å². The zero-order valence-corrected chi connectivity index (χ0v) is 9.12. The molecule has 0 heterocycles. The maximum absolute atomic E-state index is 13.4. The number of nitriles is 1. The maximum atomic E-state index is 13.4. The SMILES string of the molecule is N#CCC(=O)Nc1ccc(OCC(F)F)c(F)c1. The number of hydrogen-bond acceptors (Lipinski definition) is 3. The molecule has 0 saturated heterocycles. The van der Waals surface area contributed by atoms with Crippen LogP contribution in [0.1, 0.15) is 6.42 Å². The number of carbonyl (C=O) groups is 1. The molecule has 0 radical (unpaired) electrons. The highest BCUT2D eigenvalue weighted by atomic mass is 19.3. The molecular weight excluding hydrogens is 249 g/mol. The predicted octanol–water partition coefficient (Wildman–Crippen LogP) is 2.32. The van der Waals surface area contributed by atoms with E-state index in [1.54, 1.807) is 6.07 Å². The number of halogens is 3. The summed E-state index contributed by atoms with van der Waals surface area (Å²) in [6, 6.07) is 4.97. The molecule has 0 aliphatic carbocycles. The number of rotatable bonds is 5. The average Bonchev–Trinajstić information content (AvgIpc) is 2.28. The van der Waals surface area contributed by atoms with Crippen molar-refractivity contribution in [3.8, 4) is 11.8 Å². The molecule has 96 valence electrons. The molecule has 1 aromatic rings. The average molecular weight is 258 g/mol. The van der Waals surface area contributed by atoms with Gasteiger partial charge in [-0.1, -0.05) is 0 Å². The van der Waals surface area contributed by atoms with Gasteiger partial charge >= 0.3 is 0 Å². The molecule has 1 aromatic carbocycles. The van der Waals surface area contributed by atoms with E-state index in [2.05, 4.69) is 10.1 Å². The van der Waals surface area contributed by atoms with Crippen molar-refractivity contribution in [3.63, 3.8) is 0 Å². The number of amides is 1. The number of hydrogen-bond donors (Lipinski definition) is 1. The smallest absolute Gasteiger partial charge is 0.272 e. The molecule has 0 bridgehead atoms. The third-order valence-corrected chi connectivity index (χ3v) is 1.82. The first kappa shape index (κ1) is 13.8. The van der Waals surface area contributed by atoms with Crippen LogP contribution in [0.4, 0.5) is 18.9 Å². The Morgan fingerprint density at radius 2 is 2.22 bits per heavy atom. The van der Waals surface area contributed by atoms with E-state index in [4.69, 9.17) is 5.26 Å². The predicted molar refractivity (Wildman–Crippen MR) is 56.8 cm³/mol. The molecule has 4 nitrogen and oxygen atoms in total. The van der Waals surface area contributed by atoms with Gasteiger partial charge in [0, 0.05) is 11.8 Å². The van der Waals surface area contributed by atoms with E-state index in [-0.39, 0.29) is 17.9 Å². The fourth-order valence-corrected chi connectivity index (χ4v) is 1.13. The number of alkyl halides is 2. The molecule has 0 atom stereocenters. The Bertz CT molecular complexity index is 472. The van der Waals surface area contributed by atoms with Crippen molar-refractivity contribution < 1.29 is 22.7 Å². The van der Waals surface area contributed by atoms with Crippen LogP contribution < -0.4 is 10.1 Å². The van der Waals surface area contributed by atoms with Crippen molar-refractivity contribution in [2.75, 3.05) is 11.9 Å². The lowest BCUT2D eigenvalue weighted by Crippen LogP contribution is -2.11. The van der Waals surface area contributed by atoms with Gasteiger partial charge < -0.3 is 10.1 Å². The van der Waals surface area contributed by atoms with Crippen LogP contribution >= 0.6 is 0 Å². The largest absolute Gasteiger partial charge is 0.485 e. The first-order valence-corrected chi connectivity index (χ1v) is 4.90. The first-order chi connectivity index (χ1) is 8.52. The Kier molecular flexibility index (Phi) is 4.99. The summed E-state index contributed by atoms with van der Waals surface area (Å²) in [5.41, 5.74) is 0.122. The third-order valence-electron chi connectivity index (χ3n) is 1.82. The van der Waals surface area contributed by atoms with E-state index in [0.717, 1.165) is 12.1 Å². The van der Waals surface area contributed by atoms with Crippen LogP contribution in [0.5, 0.6) is 5.75 Å². The first-order valence-electron chi connectivity index (χ1n) is 4.90. The van der Waals surface area contributed by atoms with Gasteiger partial charge in [-0.25, -0.2) is 13.2 Å². The lowest BCUT2D eigenvalue weighted by Gasteiger charge is -2.08. The standard InChI is InChI=1S/C11H9F3N2O2/c12-8-5-7(16-11(17)3-4-15)1-2-9(8)18-6-10(13)14/h1-2,5,10H,3,6H2,(H,16,17). The van der Waals surface area contributed by atoms with Crippen LogP contribution in [-0.4, -0.2) is 18.9 Å². The number of nitrogens with one attached hydrogen (secondary N) is 1.